The molecule has 0 saturated heterocycles. The molecule has 0 unspecified atom stereocenters. The van der Waals surface area contributed by atoms with Crippen molar-refractivity contribution in [2.45, 2.75) is 24.8 Å². The maximum atomic E-state index is 13.1. The third-order valence-corrected chi connectivity index (χ3v) is 6.30. The number of hydrogen-bond acceptors (Lipinski definition) is 6. The molecule has 0 aliphatic heterocycles. The van der Waals surface area contributed by atoms with Crippen molar-refractivity contribution in [2.24, 2.45) is 21.1 Å². The Balaban J connectivity index is 2.17. The van der Waals surface area contributed by atoms with E-state index < -0.39 is 21.1 Å². The molecule has 0 saturated carbocycles. The second-order valence-corrected chi connectivity index (χ2v) is 8.50. The Morgan fingerprint density at radius 3 is 2.39 bits per heavy atom. The summed E-state index contributed by atoms with van der Waals surface area (Å²) in [5, 5.41) is -0.262. The van der Waals surface area contributed by atoms with Crippen LogP contribution >= 0.6 is 0 Å². The van der Waals surface area contributed by atoms with Gasteiger partial charge in [-0.2, -0.15) is 4.98 Å². The number of benzene rings is 1. The Hall–Kier alpha value is -2.88. The van der Waals surface area contributed by atoms with Crippen LogP contribution in [0.25, 0.3) is 11.2 Å². The summed E-state index contributed by atoms with van der Waals surface area (Å²) in [4.78, 5) is 28.7. The van der Waals surface area contributed by atoms with E-state index >= 15 is 0 Å². The Morgan fingerprint density at radius 2 is 1.75 bits per heavy atom. The van der Waals surface area contributed by atoms with E-state index in [1.54, 1.807) is 18.2 Å². The van der Waals surface area contributed by atoms with Gasteiger partial charge in [-0.25, -0.2) is 13.2 Å². The van der Waals surface area contributed by atoms with E-state index in [0.29, 0.717) is 17.9 Å². The normalized spacial score (nSPS) is 11.9. The number of aryl methyl sites for hydroxylation is 3. The number of fused-ring (bicyclic) bond motifs is 1. The third-order valence-electron chi connectivity index (χ3n) is 4.69. The minimum absolute atomic E-state index is 0.0361. The minimum atomic E-state index is -3.89. The molecule has 150 valence electrons. The summed E-state index contributed by atoms with van der Waals surface area (Å²) in [7, 11) is 0.358. The Labute approximate surface area is 161 Å². The van der Waals surface area contributed by atoms with Crippen molar-refractivity contribution in [2.75, 3.05) is 6.61 Å². The van der Waals surface area contributed by atoms with Gasteiger partial charge in [-0.15, -0.1) is 0 Å². The average molecular weight is 406 g/mol. The van der Waals surface area contributed by atoms with Gasteiger partial charge in [0, 0.05) is 21.1 Å². The molecular formula is C18H22N4O5S. The summed E-state index contributed by atoms with van der Waals surface area (Å²) in [5.74, 6) is 0.283. The molecule has 2 aromatic heterocycles. The number of nitrogens with zero attached hydrogens (tertiary/aromatic N) is 4. The van der Waals surface area contributed by atoms with E-state index in [0.717, 1.165) is 14.7 Å². The van der Waals surface area contributed by atoms with Crippen LogP contribution in [0, 0.1) is 6.92 Å². The molecule has 2 heterocycles. The monoisotopic (exact) mass is 406 g/mol. The molecule has 1 aromatic carbocycles. The highest BCUT2D eigenvalue weighted by Crippen LogP contribution is 2.23. The summed E-state index contributed by atoms with van der Waals surface area (Å²) in [6, 6.07) is 5.27. The van der Waals surface area contributed by atoms with Crippen LogP contribution in [0.4, 0.5) is 0 Å². The molecule has 0 atom stereocenters. The largest absolute Gasteiger partial charge is 0.494 e. The highest BCUT2D eigenvalue weighted by atomic mass is 32.2. The number of sulfone groups is 1. The molecule has 3 rings (SSSR count). The van der Waals surface area contributed by atoms with Crippen LogP contribution in [0.2, 0.25) is 0 Å². The van der Waals surface area contributed by atoms with Crippen LogP contribution in [0.5, 0.6) is 5.75 Å². The van der Waals surface area contributed by atoms with Crippen LogP contribution in [0.3, 0.4) is 0 Å². The summed E-state index contributed by atoms with van der Waals surface area (Å²) in [6.45, 7) is 4.13. The van der Waals surface area contributed by atoms with Crippen LogP contribution in [0.15, 0.2) is 32.9 Å². The molecule has 10 heteroatoms. The summed E-state index contributed by atoms with van der Waals surface area (Å²) >= 11 is 0. The lowest BCUT2D eigenvalue weighted by Gasteiger charge is -2.10. The lowest BCUT2D eigenvalue weighted by atomic mass is 10.1. The number of hydrogen-bond donors (Lipinski definition) is 0. The van der Waals surface area contributed by atoms with Crippen LogP contribution in [-0.2, 0) is 36.7 Å². The molecule has 28 heavy (non-hydrogen) atoms. The van der Waals surface area contributed by atoms with Gasteiger partial charge in [-0.1, -0.05) is 6.07 Å². The topological polar surface area (TPSA) is 105 Å². The predicted octanol–water partition coefficient (Wildman–Crippen LogP) is 0.652. The zero-order valence-electron chi connectivity index (χ0n) is 16.4. The first kappa shape index (κ1) is 19.9. The molecule has 0 aliphatic rings. The molecule has 0 spiro atoms. The lowest BCUT2D eigenvalue weighted by molar-refractivity contribution is 0.340. The average Bonchev–Trinajstić information content (AvgIpc) is 2.99. The van der Waals surface area contributed by atoms with E-state index in [4.69, 9.17) is 4.74 Å². The lowest BCUT2D eigenvalue weighted by Crippen LogP contribution is -2.37. The van der Waals surface area contributed by atoms with Gasteiger partial charge >= 0.3 is 5.69 Å². The van der Waals surface area contributed by atoms with Gasteiger partial charge in [0.15, 0.2) is 11.2 Å². The number of imidazole rings is 1. The van der Waals surface area contributed by atoms with E-state index in [2.05, 4.69) is 4.98 Å². The van der Waals surface area contributed by atoms with Gasteiger partial charge in [0.25, 0.3) is 5.56 Å². The fourth-order valence-corrected chi connectivity index (χ4v) is 4.69. The number of rotatable bonds is 5. The zero-order valence-corrected chi connectivity index (χ0v) is 17.2. The maximum absolute atomic E-state index is 13.1. The molecule has 0 aliphatic carbocycles. The molecule has 9 nitrogen and oxygen atoms in total. The molecule has 0 fully saturated rings. The van der Waals surface area contributed by atoms with Crippen molar-refractivity contribution >= 4 is 21.0 Å². The van der Waals surface area contributed by atoms with Crippen molar-refractivity contribution < 1.29 is 13.2 Å². The smallest absolute Gasteiger partial charge is 0.332 e. The standard InChI is InChI=1S/C18H22N4O5S/c1-6-27-13-8-7-11(2)12(9-13)10-28(25,26)17-19-15-14(20(17)3)16(23)22(5)18(24)21(15)4/h7-9H,6,10H2,1-5H3. The highest BCUT2D eigenvalue weighted by molar-refractivity contribution is 7.90. The first-order valence-corrected chi connectivity index (χ1v) is 10.3. The first-order chi connectivity index (χ1) is 13.1. The zero-order chi connectivity index (χ0) is 20.8. The predicted molar refractivity (Wildman–Crippen MR) is 104 cm³/mol. The SMILES string of the molecule is CCOc1ccc(C)c(CS(=O)(=O)c2nc3c(c(=O)n(C)c(=O)n3C)n2C)c1. The second kappa shape index (κ2) is 6.93. The van der Waals surface area contributed by atoms with Gasteiger partial charge in [-0.05, 0) is 37.1 Å². The van der Waals surface area contributed by atoms with Gasteiger partial charge in [0.05, 0.1) is 12.4 Å². The second-order valence-electron chi connectivity index (χ2n) is 6.61. The fraction of sp³-hybridized carbons (Fsp3) is 0.389. The van der Waals surface area contributed by atoms with E-state index in [1.807, 2.05) is 13.8 Å². The van der Waals surface area contributed by atoms with Gasteiger partial charge in [-0.3, -0.25) is 13.9 Å². The maximum Gasteiger partial charge on any atom is 0.332 e. The highest BCUT2D eigenvalue weighted by Gasteiger charge is 2.26. The van der Waals surface area contributed by atoms with E-state index in [-0.39, 0.29) is 22.1 Å². The van der Waals surface area contributed by atoms with Gasteiger partial charge < -0.3 is 9.30 Å². The van der Waals surface area contributed by atoms with E-state index in [1.165, 1.54) is 25.7 Å². The van der Waals surface area contributed by atoms with Crippen molar-refractivity contribution in [3.05, 3.63) is 50.2 Å². The van der Waals surface area contributed by atoms with Crippen LogP contribution < -0.4 is 16.0 Å². The Morgan fingerprint density at radius 1 is 1.07 bits per heavy atom. The quantitative estimate of drug-likeness (QED) is 0.616. The molecule has 3 aromatic rings. The minimum Gasteiger partial charge on any atom is -0.494 e. The van der Waals surface area contributed by atoms with E-state index in [9.17, 15) is 18.0 Å². The van der Waals surface area contributed by atoms with Crippen LogP contribution in [-0.4, -0.2) is 33.7 Å². The third kappa shape index (κ3) is 3.13. The van der Waals surface area contributed by atoms with Crippen molar-refractivity contribution in [1.82, 2.24) is 18.7 Å². The number of ether oxygens (including phenoxy) is 1. The summed E-state index contributed by atoms with van der Waals surface area (Å²) < 4.78 is 34.9. The van der Waals surface area contributed by atoms with Crippen molar-refractivity contribution in [1.29, 1.82) is 0 Å². The molecule has 0 radical (unpaired) electrons. The van der Waals surface area contributed by atoms with Crippen molar-refractivity contribution in [3.8, 4) is 5.75 Å². The first-order valence-electron chi connectivity index (χ1n) is 8.66. The molecule has 0 bridgehead atoms. The molecule has 0 N–H and O–H groups in total. The fourth-order valence-electron chi connectivity index (χ4n) is 3.11. The summed E-state index contributed by atoms with van der Waals surface area (Å²) in [5.41, 5.74) is 0.315. The van der Waals surface area contributed by atoms with Crippen LogP contribution in [0.1, 0.15) is 18.1 Å². The Bertz CT molecular complexity index is 1300. The molecular weight excluding hydrogens is 384 g/mol. The Kier molecular flexibility index (Phi) is 4.92. The van der Waals surface area contributed by atoms with Gasteiger partial charge in [0.1, 0.15) is 5.75 Å². The van der Waals surface area contributed by atoms with Crippen molar-refractivity contribution in [3.63, 3.8) is 0 Å². The molecule has 0 amide bonds. The number of aromatic nitrogens is 4. The van der Waals surface area contributed by atoms with Gasteiger partial charge in [0.2, 0.25) is 15.0 Å². The summed E-state index contributed by atoms with van der Waals surface area (Å²) in [6.07, 6.45) is 0.